The Morgan fingerprint density at radius 2 is 2.11 bits per heavy atom. The summed E-state index contributed by atoms with van der Waals surface area (Å²) in [6.07, 6.45) is 4.29. The van der Waals surface area contributed by atoms with Gasteiger partial charge in [0.25, 0.3) is 0 Å². The van der Waals surface area contributed by atoms with Crippen LogP contribution in [0.3, 0.4) is 0 Å². The van der Waals surface area contributed by atoms with Crippen LogP contribution in [-0.2, 0) is 0 Å². The Morgan fingerprint density at radius 1 is 1.33 bits per heavy atom. The van der Waals surface area contributed by atoms with E-state index in [1.807, 2.05) is 0 Å². The van der Waals surface area contributed by atoms with Crippen LogP contribution in [0, 0.1) is 11.8 Å². The van der Waals surface area contributed by atoms with Gasteiger partial charge in [-0.1, -0.05) is 31.5 Å². The van der Waals surface area contributed by atoms with Crippen molar-refractivity contribution in [2.45, 2.75) is 32.1 Å². The van der Waals surface area contributed by atoms with E-state index in [-0.39, 0.29) is 0 Å². The lowest BCUT2D eigenvalue weighted by Crippen LogP contribution is -2.33. The van der Waals surface area contributed by atoms with E-state index in [0.29, 0.717) is 11.8 Å². The Kier molecular flexibility index (Phi) is 3.29. The minimum Gasteiger partial charge on any atom is -0.370 e. The highest BCUT2D eigenvalue weighted by atomic mass is 15.2. The van der Waals surface area contributed by atoms with Crippen LogP contribution < -0.4 is 10.6 Å². The zero-order valence-corrected chi connectivity index (χ0v) is 11.3. The summed E-state index contributed by atoms with van der Waals surface area (Å²) in [6.45, 7) is 5.50. The molecule has 1 aromatic carbocycles. The lowest BCUT2D eigenvalue weighted by Gasteiger charge is -2.32. The molecule has 1 fully saturated rings. The Morgan fingerprint density at radius 3 is 2.78 bits per heavy atom. The van der Waals surface area contributed by atoms with E-state index in [0.717, 1.165) is 12.5 Å². The summed E-state index contributed by atoms with van der Waals surface area (Å²) >= 11 is 0. The minimum atomic E-state index is 0.581. The van der Waals surface area contributed by atoms with Crippen molar-refractivity contribution >= 4 is 5.69 Å². The monoisotopic (exact) mass is 244 g/mol. The maximum absolute atomic E-state index is 5.87. The average Bonchev–Trinajstić information content (AvgIpc) is 2.72. The van der Waals surface area contributed by atoms with Gasteiger partial charge < -0.3 is 10.6 Å². The van der Waals surface area contributed by atoms with Crippen molar-refractivity contribution in [3.05, 3.63) is 29.8 Å². The highest BCUT2D eigenvalue weighted by molar-refractivity contribution is 5.60. The molecule has 2 N–H and O–H groups in total. The third-order valence-electron chi connectivity index (χ3n) is 4.86. The molecule has 0 radical (unpaired) electrons. The zero-order chi connectivity index (χ0) is 12.5. The Labute approximate surface area is 110 Å². The minimum absolute atomic E-state index is 0.581. The van der Waals surface area contributed by atoms with Crippen LogP contribution >= 0.6 is 0 Å². The fraction of sp³-hybridized carbons (Fsp3) is 0.625. The highest BCUT2D eigenvalue weighted by Crippen LogP contribution is 2.41. The van der Waals surface area contributed by atoms with Crippen LogP contribution in [0.5, 0.6) is 0 Å². The van der Waals surface area contributed by atoms with Gasteiger partial charge in [0.1, 0.15) is 0 Å². The molecule has 1 heterocycles. The second-order valence-corrected chi connectivity index (χ2v) is 6.08. The Hall–Kier alpha value is -1.02. The number of nitrogens with two attached hydrogens (primary N) is 1. The van der Waals surface area contributed by atoms with Crippen LogP contribution in [0.1, 0.15) is 37.7 Å². The van der Waals surface area contributed by atoms with Crippen molar-refractivity contribution < 1.29 is 0 Å². The molecular formula is C16H24N2. The number of fused-ring (bicyclic) bond motifs is 1. The molecule has 18 heavy (non-hydrogen) atoms. The largest absolute Gasteiger partial charge is 0.370 e. The van der Waals surface area contributed by atoms with Gasteiger partial charge in [-0.3, -0.25) is 0 Å². The molecule has 1 aliphatic carbocycles. The molecule has 2 nitrogen and oxygen atoms in total. The van der Waals surface area contributed by atoms with Gasteiger partial charge in [0, 0.05) is 24.7 Å². The van der Waals surface area contributed by atoms with Crippen LogP contribution in [0.2, 0.25) is 0 Å². The molecule has 1 saturated carbocycles. The second-order valence-electron chi connectivity index (χ2n) is 6.08. The molecule has 2 aliphatic rings. The van der Waals surface area contributed by atoms with Crippen molar-refractivity contribution in [3.8, 4) is 0 Å². The molecule has 2 heteroatoms. The number of hydrogen-bond acceptors (Lipinski definition) is 2. The van der Waals surface area contributed by atoms with Crippen molar-refractivity contribution in [1.29, 1.82) is 0 Å². The number of benzene rings is 1. The number of nitrogens with zero attached hydrogens (tertiary/aromatic N) is 1. The fourth-order valence-corrected chi connectivity index (χ4v) is 3.33. The van der Waals surface area contributed by atoms with E-state index in [9.17, 15) is 0 Å². The van der Waals surface area contributed by atoms with Crippen LogP contribution in [0.4, 0.5) is 5.69 Å². The van der Waals surface area contributed by atoms with Gasteiger partial charge in [-0.25, -0.2) is 0 Å². The summed E-state index contributed by atoms with van der Waals surface area (Å²) in [7, 11) is 0. The standard InChI is InChI=1S/C16H24N2/c1-12(9-17)15-11-18(10-13-5-4-6-13)16-8-3-2-7-14(15)16/h2-3,7-8,12-13,15H,4-6,9-11,17H2,1H3. The summed E-state index contributed by atoms with van der Waals surface area (Å²) in [5.74, 6) is 2.15. The predicted octanol–water partition coefficient (Wildman–Crippen LogP) is 2.99. The summed E-state index contributed by atoms with van der Waals surface area (Å²) in [6, 6.07) is 8.92. The topological polar surface area (TPSA) is 29.3 Å². The lowest BCUT2D eigenvalue weighted by atomic mass is 9.85. The fourth-order valence-electron chi connectivity index (χ4n) is 3.33. The maximum atomic E-state index is 5.87. The van der Waals surface area contributed by atoms with Gasteiger partial charge >= 0.3 is 0 Å². The first-order valence-corrected chi connectivity index (χ1v) is 7.33. The normalized spacial score (nSPS) is 24.8. The van der Waals surface area contributed by atoms with Gasteiger partial charge in [0.2, 0.25) is 0 Å². The first kappa shape index (κ1) is 12.0. The number of hydrogen-bond donors (Lipinski definition) is 1. The van der Waals surface area contributed by atoms with Crippen molar-refractivity contribution in [2.24, 2.45) is 17.6 Å². The lowest BCUT2D eigenvalue weighted by molar-refractivity contribution is 0.316. The van der Waals surface area contributed by atoms with Gasteiger partial charge in [0.15, 0.2) is 0 Å². The molecule has 3 rings (SSSR count). The van der Waals surface area contributed by atoms with E-state index < -0.39 is 0 Å². The van der Waals surface area contributed by atoms with Crippen molar-refractivity contribution in [1.82, 2.24) is 0 Å². The number of anilines is 1. The maximum Gasteiger partial charge on any atom is 0.0402 e. The van der Waals surface area contributed by atoms with Gasteiger partial charge in [0.05, 0.1) is 0 Å². The van der Waals surface area contributed by atoms with E-state index in [4.69, 9.17) is 5.73 Å². The van der Waals surface area contributed by atoms with E-state index in [1.165, 1.54) is 43.6 Å². The van der Waals surface area contributed by atoms with Crippen LogP contribution in [0.25, 0.3) is 0 Å². The smallest absolute Gasteiger partial charge is 0.0402 e. The van der Waals surface area contributed by atoms with Gasteiger partial charge in [-0.2, -0.15) is 0 Å². The van der Waals surface area contributed by atoms with E-state index in [2.05, 4.69) is 36.1 Å². The molecule has 0 spiro atoms. The highest BCUT2D eigenvalue weighted by Gasteiger charge is 2.33. The molecular weight excluding hydrogens is 220 g/mol. The molecule has 0 aromatic heterocycles. The molecule has 2 unspecified atom stereocenters. The quantitative estimate of drug-likeness (QED) is 0.882. The second kappa shape index (κ2) is 4.93. The summed E-state index contributed by atoms with van der Waals surface area (Å²) in [4.78, 5) is 2.61. The Balaban J connectivity index is 1.81. The summed E-state index contributed by atoms with van der Waals surface area (Å²) in [5.41, 5.74) is 8.86. The molecule has 98 valence electrons. The number of para-hydroxylation sites is 1. The van der Waals surface area contributed by atoms with Crippen molar-refractivity contribution in [3.63, 3.8) is 0 Å². The molecule has 0 amide bonds. The van der Waals surface area contributed by atoms with Crippen LogP contribution in [0.15, 0.2) is 24.3 Å². The molecule has 1 aromatic rings. The first-order chi connectivity index (χ1) is 8.79. The van der Waals surface area contributed by atoms with E-state index in [1.54, 1.807) is 0 Å². The Bertz CT molecular complexity index is 411. The van der Waals surface area contributed by atoms with Crippen molar-refractivity contribution in [2.75, 3.05) is 24.5 Å². The molecule has 2 atom stereocenters. The van der Waals surface area contributed by atoms with Gasteiger partial charge in [-0.15, -0.1) is 0 Å². The van der Waals surface area contributed by atoms with Crippen LogP contribution in [-0.4, -0.2) is 19.6 Å². The average molecular weight is 244 g/mol. The molecule has 0 saturated heterocycles. The third-order valence-corrected chi connectivity index (χ3v) is 4.86. The predicted molar refractivity (Wildman–Crippen MR) is 77.0 cm³/mol. The SMILES string of the molecule is CC(CN)C1CN(CC2CCC2)c2ccccc21. The summed E-state index contributed by atoms with van der Waals surface area (Å²) < 4.78 is 0. The third kappa shape index (κ3) is 2.03. The van der Waals surface area contributed by atoms with Gasteiger partial charge in [-0.05, 0) is 42.9 Å². The molecule has 1 aliphatic heterocycles. The zero-order valence-electron chi connectivity index (χ0n) is 11.3. The first-order valence-electron chi connectivity index (χ1n) is 7.33. The summed E-state index contributed by atoms with van der Waals surface area (Å²) in [5, 5.41) is 0. The number of rotatable bonds is 4. The molecule has 0 bridgehead atoms. The van der Waals surface area contributed by atoms with E-state index >= 15 is 0 Å².